The van der Waals surface area contributed by atoms with Crippen molar-refractivity contribution in [2.75, 3.05) is 25.4 Å². The summed E-state index contributed by atoms with van der Waals surface area (Å²) in [6, 6.07) is 8.80. The van der Waals surface area contributed by atoms with Crippen LogP contribution in [0.4, 0.5) is 5.82 Å². The number of piperazine rings is 1. The van der Waals surface area contributed by atoms with Crippen LogP contribution in [0.25, 0.3) is 22.4 Å². The lowest BCUT2D eigenvalue weighted by Gasteiger charge is -2.27. The molecule has 3 heterocycles. The van der Waals surface area contributed by atoms with E-state index in [1.807, 2.05) is 13.0 Å². The summed E-state index contributed by atoms with van der Waals surface area (Å²) in [4.78, 5) is 39.1. The summed E-state index contributed by atoms with van der Waals surface area (Å²) < 4.78 is 0. The number of nitrogen functional groups attached to an aromatic ring is 1. The summed E-state index contributed by atoms with van der Waals surface area (Å²) in [5, 5.41) is 3.00. The van der Waals surface area contributed by atoms with E-state index in [1.54, 1.807) is 30.5 Å². The fourth-order valence-corrected chi connectivity index (χ4v) is 3.85. The van der Waals surface area contributed by atoms with E-state index in [-0.39, 0.29) is 18.4 Å². The van der Waals surface area contributed by atoms with Crippen LogP contribution >= 0.6 is 11.6 Å². The van der Waals surface area contributed by atoms with Gasteiger partial charge in [0.15, 0.2) is 0 Å². The fraction of sp³-hybridized carbons (Fsp3) is 0.227. The van der Waals surface area contributed by atoms with Crippen molar-refractivity contribution in [2.45, 2.75) is 13.3 Å². The number of pyridine rings is 1. The molecule has 0 radical (unpaired) electrons. The minimum Gasteiger partial charge on any atom is -0.384 e. The van der Waals surface area contributed by atoms with Gasteiger partial charge in [0.05, 0.1) is 28.5 Å². The SMILES string of the molecule is CCc1ncnc(-c2ccc(C(=O)N3CCNC(=O)C3)c(Cl)c2)c1-c1ccc(N)nc1. The Morgan fingerprint density at radius 2 is 2.00 bits per heavy atom. The summed E-state index contributed by atoms with van der Waals surface area (Å²) in [5.74, 6) is -0.0223. The Morgan fingerprint density at radius 3 is 2.68 bits per heavy atom. The van der Waals surface area contributed by atoms with Gasteiger partial charge in [-0.25, -0.2) is 15.0 Å². The molecule has 1 fully saturated rings. The molecule has 2 amide bonds. The summed E-state index contributed by atoms with van der Waals surface area (Å²) >= 11 is 6.50. The minimum atomic E-state index is -0.272. The zero-order valence-corrected chi connectivity index (χ0v) is 17.7. The number of nitrogens with two attached hydrogens (primary N) is 1. The Balaban J connectivity index is 1.74. The molecular formula is C22H21ClN6O2. The van der Waals surface area contributed by atoms with E-state index in [2.05, 4.69) is 20.3 Å². The average Bonchev–Trinajstić information content (AvgIpc) is 2.78. The van der Waals surface area contributed by atoms with Gasteiger partial charge < -0.3 is 16.0 Å². The van der Waals surface area contributed by atoms with Crippen molar-refractivity contribution >= 4 is 29.2 Å². The minimum absolute atomic E-state index is 0.0248. The average molecular weight is 437 g/mol. The molecule has 0 atom stereocenters. The van der Waals surface area contributed by atoms with E-state index >= 15 is 0 Å². The third-order valence-corrected chi connectivity index (χ3v) is 5.45. The Bertz CT molecular complexity index is 1150. The molecule has 1 aliphatic rings. The zero-order chi connectivity index (χ0) is 22.0. The van der Waals surface area contributed by atoms with E-state index in [0.29, 0.717) is 41.6 Å². The second kappa shape index (κ2) is 8.69. The van der Waals surface area contributed by atoms with Crippen molar-refractivity contribution in [1.29, 1.82) is 0 Å². The predicted octanol–water partition coefficient (Wildman–Crippen LogP) is 2.58. The van der Waals surface area contributed by atoms with Crippen LogP contribution in [0, 0.1) is 0 Å². The highest BCUT2D eigenvalue weighted by Crippen LogP contribution is 2.34. The molecule has 0 aliphatic carbocycles. The molecule has 158 valence electrons. The second-order valence-corrected chi connectivity index (χ2v) is 7.55. The van der Waals surface area contributed by atoms with Crippen LogP contribution in [-0.2, 0) is 11.2 Å². The van der Waals surface area contributed by atoms with Crippen LogP contribution < -0.4 is 11.1 Å². The Morgan fingerprint density at radius 1 is 1.19 bits per heavy atom. The number of hydrogen-bond acceptors (Lipinski definition) is 6. The number of carbonyl (C=O) groups is 2. The van der Waals surface area contributed by atoms with Crippen molar-refractivity contribution in [2.24, 2.45) is 0 Å². The smallest absolute Gasteiger partial charge is 0.255 e. The van der Waals surface area contributed by atoms with Crippen LogP contribution in [0.2, 0.25) is 5.02 Å². The molecule has 4 rings (SSSR count). The number of aryl methyl sites for hydroxylation is 1. The van der Waals surface area contributed by atoms with E-state index < -0.39 is 0 Å². The van der Waals surface area contributed by atoms with Gasteiger partial charge in [0, 0.05) is 36.0 Å². The van der Waals surface area contributed by atoms with E-state index in [0.717, 1.165) is 22.4 Å². The number of anilines is 1. The van der Waals surface area contributed by atoms with Crippen molar-refractivity contribution in [3.63, 3.8) is 0 Å². The van der Waals surface area contributed by atoms with Crippen molar-refractivity contribution in [3.05, 3.63) is 59.1 Å². The number of nitrogens with one attached hydrogen (secondary N) is 1. The number of hydrogen-bond donors (Lipinski definition) is 2. The maximum absolute atomic E-state index is 12.9. The van der Waals surface area contributed by atoms with E-state index in [1.165, 1.54) is 11.2 Å². The summed E-state index contributed by atoms with van der Waals surface area (Å²) in [6.07, 6.45) is 3.91. The number of nitrogens with zero attached hydrogens (tertiary/aromatic N) is 4. The topological polar surface area (TPSA) is 114 Å². The van der Waals surface area contributed by atoms with Crippen LogP contribution in [-0.4, -0.2) is 51.3 Å². The highest BCUT2D eigenvalue weighted by molar-refractivity contribution is 6.34. The number of amides is 2. The van der Waals surface area contributed by atoms with Gasteiger partial charge in [-0.15, -0.1) is 0 Å². The first-order valence-electron chi connectivity index (χ1n) is 9.89. The fourth-order valence-electron chi connectivity index (χ4n) is 3.58. The largest absolute Gasteiger partial charge is 0.384 e. The Labute approximate surface area is 184 Å². The van der Waals surface area contributed by atoms with E-state index in [9.17, 15) is 9.59 Å². The van der Waals surface area contributed by atoms with Crippen LogP contribution in [0.3, 0.4) is 0 Å². The van der Waals surface area contributed by atoms with Gasteiger partial charge in [0.25, 0.3) is 5.91 Å². The van der Waals surface area contributed by atoms with Crippen LogP contribution in [0.5, 0.6) is 0 Å². The Kier molecular flexibility index (Phi) is 5.81. The normalized spacial score (nSPS) is 13.7. The lowest BCUT2D eigenvalue weighted by molar-refractivity contribution is -0.123. The van der Waals surface area contributed by atoms with Gasteiger partial charge in [-0.05, 0) is 30.7 Å². The summed E-state index contributed by atoms with van der Waals surface area (Å²) in [6.45, 7) is 2.92. The Hall–Kier alpha value is -3.52. The molecule has 3 aromatic rings. The predicted molar refractivity (Wildman–Crippen MR) is 118 cm³/mol. The van der Waals surface area contributed by atoms with Gasteiger partial charge in [-0.1, -0.05) is 24.6 Å². The third kappa shape index (κ3) is 4.20. The number of carbonyl (C=O) groups excluding carboxylic acids is 2. The molecule has 0 bridgehead atoms. The first kappa shape index (κ1) is 20.7. The van der Waals surface area contributed by atoms with E-state index in [4.69, 9.17) is 17.3 Å². The van der Waals surface area contributed by atoms with Gasteiger partial charge in [-0.2, -0.15) is 0 Å². The van der Waals surface area contributed by atoms with Crippen LogP contribution in [0.1, 0.15) is 23.0 Å². The summed E-state index contributed by atoms with van der Waals surface area (Å²) in [7, 11) is 0. The maximum Gasteiger partial charge on any atom is 0.255 e. The lowest BCUT2D eigenvalue weighted by atomic mass is 9.97. The molecule has 31 heavy (non-hydrogen) atoms. The number of rotatable bonds is 4. The monoisotopic (exact) mass is 436 g/mol. The maximum atomic E-state index is 12.9. The molecule has 8 nitrogen and oxygen atoms in total. The molecule has 0 unspecified atom stereocenters. The standard InChI is InChI=1S/C22H21ClN6O2/c1-2-17-20(14-4-6-18(24)26-10-14)21(28-12-27-17)13-3-5-15(16(23)9-13)22(31)29-8-7-25-19(30)11-29/h3-6,9-10,12H,2,7-8,11H2,1H3,(H2,24,26)(H,25,30). The highest BCUT2D eigenvalue weighted by Gasteiger charge is 2.24. The van der Waals surface area contributed by atoms with Crippen molar-refractivity contribution in [3.8, 4) is 22.4 Å². The molecule has 2 aromatic heterocycles. The second-order valence-electron chi connectivity index (χ2n) is 7.14. The van der Waals surface area contributed by atoms with Gasteiger partial charge in [0.1, 0.15) is 12.1 Å². The molecule has 1 aliphatic heterocycles. The molecular weight excluding hydrogens is 416 g/mol. The zero-order valence-electron chi connectivity index (χ0n) is 16.9. The van der Waals surface area contributed by atoms with Crippen molar-refractivity contribution in [1.82, 2.24) is 25.2 Å². The molecule has 1 saturated heterocycles. The molecule has 1 aromatic carbocycles. The lowest BCUT2D eigenvalue weighted by Crippen LogP contribution is -2.50. The molecule has 0 saturated carbocycles. The van der Waals surface area contributed by atoms with Gasteiger partial charge in [-0.3, -0.25) is 9.59 Å². The van der Waals surface area contributed by atoms with Gasteiger partial charge >= 0.3 is 0 Å². The highest BCUT2D eigenvalue weighted by atomic mass is 35.5. The quantitative estimate of drug-likeness (QED) is 0.649. The first-order chi connectivity index (χ1) is 15.0. The van der Waals surface area contributed by atoms with Gasteiger partial charge in [0.2, 0.25) is 5.91 Å². The van der Waals surface area contributed by atoms with Crippen molar-refractivity contribution < 1.29 is 9.59 Å². The molecule has 9 heteroatoms. The summed E-state index contributed by atoms with van der Waals surface area (Å²) in [5.41, 5.74) is 10.1. The third-order valence-electron chi connectivity index (χ3n) is 5.13. The number of halogens is 1. The van der Waals surface area contributed by atoms with Crippen LogP contribution in [0.15, 0.2) is 42.9 Å². The molecule has 3 N–H and O–H groups in total. The first-order valence-corrected chi connectivity index (χ1v) is 10.3. The number of benzene rings is 1. The number of aromatic nitrogens is 3. The molecule has 0 spiro atoms.